The molecule has 2 atom stereocenters. The van der Waals surface area contributed by atoms with Crippen molar-refractivity contribution in [2.45, 2.75) is 24.6 Å². The highest BCUT2D eigenvalue weighted by Gasteiger charge is 2.28. The maximum Gasteiger partial charge on any atom is 0.122 e. The van der Waals surface area contributed by atoms with Crippen molar-refractivity contribution in [2.24, 2.45) is 5.92 Å². The Morgan fingerprint density at radius 1 is 1.19 bits per heavy atom. The quantitative estimate of drug-likeness (QED) is 0.685. The number of alkyl halides is 1. The van der Waals surface area contributed by atoms with Crippen LogP contribution in [-0.2, 0) is 12.8 Å². The summed E-state index contributed by atoms with van der Waals surface area (Å²) in [6.45, 7) is 0. The number of hydrogen-bond donors (Lipinski definition) is 0. The molecule has 0 saturated heterocycles. The van der Waals surface area contributed by atoms with E-state index in [0.29, 0.717) is 5.92 Å². The summed E-state index contributed by atoms with van der Waals surface area (Å²) >= 11 is 12.8. The van der Waals surface area contributed by atoms with E-state index >= 15 is 0 Å². The minimum Gasteiger partial charge on any atom is -0.496 e. The van der Waals surface area contributed by atoms with Crippen LogP contribution in [-0.4, -0.2) is 7.11 Å². The normalized spacial score (nSPS) is 20.9. The predicted molar refractivity (Wildman–Crippen MR) is 88.6 cm³/mol. The lowest BCUT2D eigenvalue weighted by atomic mass is 9.80. The second-order valence-corrected chi connectivity index (χ2v) is 6.47. The molecule has 0 N–H and O–H groups in total. The molecule has 0 spiro atoms. The van der Waals surface area contributed by atoms with Gasteiger partial charge in [-0.2, -0.15) is 0 Å². The van der Waals surface area contributed by atoms with E-state index in [1.54, 1.807) is 7.11 Å². The Hall–Kier alpha value is -1.18. The smallest absolute Gasteiger partial charge is 0.122 e. The van der Waals surface area contributed by atoms with Gasteiger partial charge in [-0.1, -0.05) is 35.9 Å². The fraction of sp³-hybridized carbons (Fsp3) is 0.333. The zero-order valence-electron chi connectivity index (χ0n) is 12.0. The second-order valence-electron chi connectivity index (χ2n) is 5.56. The van der Waals surface area contributed by atoms with Gasteiger partial charge in [0, 0.05) is 5.02 Å². The van der Waals surface area contributed by atoms with Gasteiger partial charge in [-0.05, 0) is 60.1 Å². The van der Waals surface area contributed by atoms with Crippen LogP contribution in [0.2, 0.25) is 5.02 Å². The molecule has 21 heavy (non-hydrogen) atoms. The van der Waals surface area contributed by atoms with E-state index < -0.39 is 0 Å². The molecule has 0 amide bonds. The molecule has 0 aliphatic heterocycles. The van der Waals surface area contributed by atoms with Crippen LogP contribution in [0.3, 0.4) is 0 Å². The third-order valence-electron chi connectivity index (χ3n) is 4.28. The molecular formula is C18H18Cl2O. The van der Waals surface area contributed by atoms with Crippen LogP contribution in [0.25, 0.3) is 0 Å². The number of rotatable bonds is 3. The van der Waals surface area contributed by atoms with Crippen LogP contribution in [0.1, 0.15) is 28.5 Å². The highest BCUT2D eigenvalue weighted by Crippen LogP contribution is 2.41. The second kappa shape index (κ2) is 6.29. The first-order valence-corrected chi connectivity index (χ1v) is 8.04. The lowest BCUT2D eigenvalue weighted by Crippen LogP contribution is -2.19. The molecular weight excluding hydrogens is 303 g/mol. The zero-order chi connectivity index (χ0) is 14.8. The third-order valence-corrected chi connectivity index (χ3v) is 5.10. The van der Waals surface area contributed by atoms with Crippen molar-refractivity contribution in [3.05, 3.63) is 64.2 Å². The van der Waals surface area contributed by atoms with Crippen LogP contribution in [0.5, 0.6) is 5.75 Å². The van der Waals surface area contributed by atoms with E-state index in [1.807, 2.05) is 18.2 Å². The zero-order valence-corrected chi connectivity index (χ0v) is 13.5. The molecule has 0 heterocycles. The van der Waals surface area contributed by atoms with E-state index in [9.17, 15) is 0 Å². The van der Waals surface area contributed by atoms with Gasteiger partial charge in [0.1, 0.15) is 5.75 Å². The van der Waals surface area contributed by atoms with Gasteiger partial charge in [0.15, 0.2) is 0 Å². The van der Waals surface area contributed by atoms with Crippen molar-refractivity contribution >= 4 is 23.2 Å². The number of fused-ring (bicyclic) bond motifs is 1. The number of hydrogen-bond acceptors (Lipinski definition) is 1. The molecule has 1 aliphatic carbocycles. The van der Waals surface area contributed by atoms with Crippen molar-refractivity contribution in [1.29, 1.82) is 0 Å². The van der Waals surface area contributed by atoms with Gasteiger partial charge in [-0.25, -0.2) is 0 Å². The number of benzene rings is 2. The SMILES string of the molecule is COc1ccc(Cl)cc1CC1CCc2ccccc2C1Cl. The molecule has 1 nitrogen and oxygen atoms in total. The van der Waals surface area contributed by atoms with Gasteiger partial charge in [0.05, 0.1) is 12.5 Å². The van der Waals surface area contributed by atoms with Crippen molar-refractivity contribution in [2.75, 3.05) is 7.11 Å². The molecule has 2 aromatic carbocycles. The van der Waals surface area contributed by atoms with Gasteiger partial charge in [0.25, 0.3) is 0 Å². The van der Waals surface area contributed by atoms with Crippen molar-refractivity contribution in [1.82, 2.24) is 0 Å². The first-order chi connectivity index (χ1) is 10.2. The summed E-state index contributed by atoms with van der Waals surface area (Å²) in [6.07, 6.45) is 3.08. The third kappa shape index (κ3) is 3.04. The number of methoxy groups -OCH3 is 1. The van der Waals surface area contributed by atoms with Crippen molar-refractivity contribution < 1.29 is 4.74 Å². The van der Waals surface area contributed by atoms with E-state index in [-0.39, 0.29) is 5.38 Å². The van der Waals surface area contributed by atoms with Crippen LogP contribution >= 0.6 is 23.2 Å². The fourth-order valence-corrected chi connectivity index (χ4v) is 3.79. The number of halogens is 2. The lowest BCUT2D eigenvalue weighted by Gasteiger charge is -2.30. The van der Waals surface area contributed by atoms with Crippen molar-refractivity contribution in [3.8, 4) is 5.75 Å². The average Bonchev–Trinajstić information content (AvgIpc) is 2.51. The van der Waals surface area contributed by atoms with Crippen LogP contribution in [0.15, 0.2) is 42.5 Å². The van der Waals surface area contributed by atoms with E-state index in [0.717, 1.165) is 35.6 Å². The summed E-state index contributed by atoms with van der Waals surface area (Å²) in [5.41, 5.74) is 3.79. The summed E-state index contributed by atoms with van der Waals surface area (Å²) in [4.78, 5) is 0. The summed E-state index contributed by atoms with van der Waals surface area (Å²) in [7, 11) is 1.70. The Balaban J connectivity index is 1.85. The minimum atomic E-state index is 0.0543. The molecule has 1 aliphatic rings. The van der Waals surface area contributed by atoms with Crippen molar-refractivity contribution in [3.63, 3.8) is 0 Å². The van der Waals surface area contributed by atoms with Crippen LogP contribution in [0, 0.1) is 5.92 Å². The average molecular weight is 321 g/mol. The maximum atomic E-state index is 6.72. The Bertz CT molecular complexity index is 639. The fourth-order valence-electron chi connectivity index (χ4n) is 3.17. The molecule has 0 radical (unpaired) electrons. The Labute approximate surface area is 135 Å². The largest absolute Gasteiger partial charge is 0.496 e. The summed E-state index contributed by atoms with van der Waals surface area (Å²) in [6, 6.07) is 14.3. The molecule has 0 saturated carbocycles. The topological polar surface area (TPSA) is 9.23 Å². The first kappa shape index (κ1) is 14.7. The Morgan fingerprint density at radius 3 is 2.81 bits per heavy atom. The highest BCUT2D eigenvalue weighted by atomic mass is 35.5. The molecule has 0 fully saturated rings. The standard InChI is InChI=1S/C18H18Cl2O/c1-21-17-9-8-15(19)11-14(17)10-13-7-6-12-4-2-3-5-16(12)18(13)20/h2-5,8-9,11,13,18H,6-7,10H2,1H3. The van der Waals surface area contributed by atoms with Gasteiger partial charge >= 0.3 is 0 Å². The highest BCUT2D eigenvalue weighted by molar-refractivity contribution is 6.30. The molecule has 0 aromatic heterocycles. The Morgan fingerprint density at radius 2 is 2.00 bits per heavy atom. The molecule has 3 heteroatoms. The van der Waals surface area contributed by atoms with Gasteiger partial charge in [-0.3, -0.25) is 0 Å². The molecule has 110 valence electrons. The summed E-state index contributed by atoms with van der Waals surface area (Å²) in [5, 5.41) is 0.798. The number of ether oxygens (including phenoxy) is 1. The van der Waals surface area contributed by atoms with Gasteiger partial charge in [0.2, 0.25) is 0 Å². The minimum absolute atomic E-state index is 0.0543. The molecule has 3 rings (SSSR count). The Kier molecular flexibility index (Phi) is 4.42. The van der Waals surface area contributed by atoms with Crippen LogP contribution in [0.4, 0.5) is 0 Å². The number of aryl methyl sites for hydroxylation is 1. The van der Waals surface area contributed by atoms with Gasteiger partial charge in [-0.15, -0.1) is 11.6 Å². The van der Waals surface area contributed by atoms with Crippen LogP contribution < -0.4 is 4.74 Å². The van der Waals surface area contributed by atoms with Gasteiger partial charge < -0.3 is 4.74 Å². The predicted octanol–water partition coefficient (Wildman–Crippen LogP) is 5.43. The molecule has 2 unspecified atom stereocenters. The lowest BCUT2D eigenvalue weighted by molar-refractivity contribution is 0.394. The molecule has 2 aromatic rings. The summed E-state index contributed by atoms with van der Waals surface area (Å²) < 4.78 is 5.44. The van der Waals surface area contributed by atoms with E-state index in [1.165, 1.54) is 11.1 Å². The van der Waals surface area contributed by atoms with E-state index in [2.05, 4.69) is 24.3 Å². The summed E-state index contributed by atoms with van der Waals surface area (Å²) in [5.74, 6) is 1.30. The monoisotopic (exact) mass is 320 g/mol. The maximum absolute atomic E-state index is 6.72. The van der Waals surface area contributed by atoms with E-state index in [4.69, 9.17) is 27.9 Å². The first-order valence-electron chi connectivity index (χ1n) is 7.23. The molecule has 0 bridgehead atoms.